The van der Waals surface area contributed by atoms with Crippen molar-refractivity contribution in [2.75, 3.05) is 17.2 Å². The van der Waals surface area contributed by atoms with Gasteiger partial charge < -0.3 is 5.32 Å². The van der Waals surface area contributed by atoms with E-state index in [1.807, 2.05) is 18.2 Å². The van der Waals surface area contributed by atoms with E-state index in [4.69, 9.17) is 0 Å². The molecule has 1 rings (SSSR count). The summed E-state index contributed by atoms with van der Waals surface area (Å²) >= 11 is 3.32. The lowest BCUT2D eigenvalue weighted by Crippen LogP contribution is -2.02. The molecule has 0 aliphatic rings. The largest absolute Gasteiger partial charge is 0.369 e. The summed E-state index contributed by atoms with van der Waals surface area (Å²) in [5.41, 5.74) is 0. The Kier molecular flexibility index (Phi) is 3.22. The molecule has 2 nitrogen and oxygen atoms in total. The Morgan fingerprint density at radius 1 is 1.50 bits per heavy atom. The molecule has 1 heterocycles. The number of rotatable bonds is 3. The molecule has 3 heteroatoms. The second kappa shape index (κ2) is 4.28. The van der Waals surface area contributed by atoms with Crippen LogP contribution < -0.4 is 5.32 Å². The molecule has 0 aliphatic carbocycles. The fraction of sp³-hybridized carbons (Fsp3) is 0.286. The smallest absolute Gasteiger partial charge is 0.125 e. The highest BCUT2D eigenvalue weighted by atomic mass is 79.9. The van der Waals surface area contributed by atoms with Gasteiger partial charge in [0.15, 0.2) is 0 Å². The maximum absolute atomic E-state index is 4.08. The number of pyridine rings is 1. The van der Waals surface area contributed by atoms with Crippen LogP contribution >= 0.6 is 15.9 Å². The van der Waals surface area contributed by atoms with Crippen molar-refractivity contribution >= 4 is 21.7 Å². The molecule has 1 aromatic rings. The maximum atomic E-state index is 4.08. The molecule has 0 saturated heterocycles. The zero-order valence-corrected chi connectivity index (χ0v) is 7.13. The van der Waals surface area contributed by atoms with Gasteiger partial charge in [0, 0.05) is 18.1 Å². The van der Waals surface area contributed by atoms with Crippen molar-refractivity contribution < 1.29 is 0 Å². The SMILES string of the molecule is BrCCNc1ccccn1. The normalized spacial score (nSPS) is 9.30. The number of alkyl halides is 1. The summed E-state index contributed by atoms with van der Waals surface area (Å²) in [6.45, 7) is 0.914. The lowest BCUT2D eigenvalue weighted by molar-refractivity contribution is 1.18. The molecule has 0 bridgehead atoms. The predicted octanol–water partition coefficient (Wildman–Crippen LogP) is 1.89. The fourth-order valence-electron chi connectivity index (χ4n) is 0.643. The van der Waals surface area contributed by atoms with Crippen LogP contribution in [0.4, 0.5) is 5.82 Å². The van der Waals surface area contributed by atoms with Crippen molar-refractivity contribution in [1.82, 2.24) is 4.98 Å². The van der Waals surface area contributed by atoms with Gasteiger partial charge in [0.05, 0.1) is 0 Å². The van der Waals surface area contributed by atoms with E-state index in [-0.39, 0.29) is 0 Å². The first-order valence-electron chi connectivity index (χ1n) is 3.14. The molecule has 0 amide bonds. The minimum absolute atomic E-state index is 0.914. The minimum atomic E-state index is 0.914. The molecule has 0 aliphatic heterocycles. The topological polar surface area (TPSA) is 24.9 Å². The third-order valence-electron chi connectivity index (χ3n) is 1.07. The van der Waals surface area contributed by atoms with E-state index in [0.717, 1.165) is 17.7 Å². The average molecular weight is 201 g/mol. The van der Waals surface area contributed by atoms with Gasteiger partial charge in [-0.3, -0.25) is 0 Å². The van der Waals surface area contributed by atoms with Crippen molar-refractivity contribution in [2.45, 2.75) is 0 Å². The number of hydrogen-bond donors (Lipinski definition) is 1. The zero-order chi connectivity index (χ0) is 7.23. The maximum Gasteiger partial charge on any atom is 0.125 e. The summed E-state index contributed by atoms with van der Waals surface area (Å²) in [5, 5.41) is 4.08. The van der Waals surface area contributed by atoms with Gasteiger partial charge in [-0.25, -0.2) is 4.98 Å². The van der Waals surface area contributed by atoms with Crippen LogP contribution in [-0.2, 0) is 0 Å². The van der Waals surface area contributed by atoms with Gasteiger partial charge in [-0.2, -0.15) is 0 Å². The molecule has 0 radical (unpaired) electrons. The van der Waals surface area contributed by atoms with Crippen molar-refractivity contribution in [3.8, 4) is 0 Å². The van der Waals surface area contributed by atoms with E-state index in [1.54, 1.807) is 6.20 Å². The van der Waals surface area contributed by atoms with Crippen molar-refractivity contribution in [2.24, 2.45) is 0 Å². The minimum Gasteiger partial charge on any atom is -0.369 e. The zero-order valence-electron chi connectivity index (χ0n) is 5.55. The van der Waals surface area contributed by atoms with E-state index in [0.29, 0.717) is 0 Å². The summed E-state index contributed by atoms with van der Waals surface area (Å²) < 4.78 is 0. The predicted molar refractivity (Wildman–Crippen MR) is 46.5 cm³/mol. The highest BCUT2D eigenvalue weighted by molar-refractivity contribution is 9.09. The van der Waals surface area contributed by atoms with Gasteiger partial charge in [0.1, 0.15) is 5.82 Å². The molecule has 1 aromatic heterocycles. The van der Waals surface area contributed by atoms with Gasteiger partial charge in [-0.1, -0.05) is 22.0 Å². The van der Waals surface area contributed by atoms with Crippen LogP contribution in [0, 0.1) is 0 Å². The molecule has 0 fully saturated rings. The van der Waals surface area contributed by atoms with Crippen LogP contribution in [0.2, 0.25) is 0 Å². The summed E-state index contributed by atoms with van der Waals surface area (Å²) in [6, 6.07) is 5.81. The van der Waals surface area contributed by atoms with Crippen molar-refractivity contribution in [1.29, 1.82) is 0 Å². The Labute approximate surface area is 68.8 Å². The standard InChI is InChI=1S/C7H9BrN2/c8-4-6-10-7-3-1-2-5-9-7/h1-3,5H,4,6H2,(H,9,10). The third-order valence-corrected chi connectivity index (χ3v) is 1.46. The quantitative estimate of drug-likeness (QED) is 0.755. The van der Waals surface area contributed by atoms with Gasteiger partial charge in [0.2, 0.25) is 0 Å². The Balaban J connectivity index is 2.43. The van der Waals surface area contributed by atoms with Crippen molar-refractivity contribution in [3.63, 3.8) is 0 Å². The number of halogens is 1. The monoisotopic (exact) mass is 200 g/mol. The van der Waals surface area contributed by atoms with Crippen LogP contribution in [0.5, 0.6) is 0 Å². The van der Waals surface area contributed by atoms with Crippen molar-refractivity contribution in [3.05, 3.63) is 24.4 Å². The highest BCUT2D eigenvalue weighted by Crippen LogP contribution is 1.98. The molecular formula is C7H9BrN2. The van der Waals surface area contributed by atoms with E-state index in [1.165, 1.54) is 0 Å². The molecule has 0 aromatic carbocycles. The second-order valence-corrected chi connectivity index (χ2v) is 2.62. The molecule has 1 N–H and O–H groups in total. The summed E-state index contributed by atoms with van der Waals surface area (Å²) in [6.07, 6.45) is 1.77. The second-order valence-electron chi connectivity index (χ2n) is 1.83. The first-order chi connectivity index (χ1) is 4.93. The van der Waals surface area contributed by atoms with Crippen LogP contribution in [0.25, 0.3) is 0 Å². The first kappa shape index (κ1) is 7.54. The highest BCUT2D eigenvalue weighted by Gasteiger charge is 1.86. The molecule has 0 saturated carbocycles. The molecule has 54 valence electrons. The van der Waals surface area contributed by atoms with E-state index >= 15 is 0 Å². The summed E-state index contributed by atoms with van der Waals surface area (Å²) in [5.74, 6) is 0.932. The fourth-order valence-corrected chi connectivity index (χ4v) is 0.841. The summed E-state index contributed by atoms with van der Waals surface area (Å²) in [4.78, 5) is 4.08. The average Bonchev–Trinajstić information content (AvgIpc) is 2.03. The number of nitrogens with one attached hydrogen (secondary N) is 1. The Morgan fingerprint density at radius 2 is 2.40 bits per heavy atom. The summed E-state index contributed by atoms with van der Waals surface area (Å²) in [7, 11) is 0. The van der Waals surface area contributed by atoms with Crippen LogP contribution in [0.1, 0.15) is 0 Å². The van der Waals surface area contributed by atoms with Gasteiger partial charge in [-0.05, 0) is 12.1 Å². The molecule has 10 heavy (non-hydrogen) atoms. The van der Waals surface area contributed by atoms with E-state index < -0.39 is 0 Å². The van der Waals surface area contributed by atoms with Gasteiger partial charge >= 0.3 is 0 Å². The van der Waals surface area contributed by atoms with Gasteiger partial charge in [-0.15, -0.1) is 0 Å². The number of nitrogens with zero attached hydrogens (tertiary/aromatic N) is 1. The molecule has 0 spiro atoms. The van der Waals surface area contributed by atoms with Crippen LogP contribution in [-0.4, -0.2) is 16.9 Å². The molecule has 0 unspecified atom stereocenters. The number of hydrogen-bond acceptors (Lipinski definition) is 2. The van der Waals surface area contributed by atoms with E-state index in [9.17, 15) is 0 Å². The Morgan fingerprint density at radius 3 is 3.00 bits per heavy atom. The molecule has 0 atom stereocenters. The lowest BCUT2D eigenvalue weighted by Gasteiger charge is -1.99. The lowest BCUT2D eigenvalue weighted by atomic mass is 10.4. The third kappa shape index (κ3) is 2.35. The van der Waals surface area contributed by atoms with Crippen LogP contribution in [0.3, 0.4) is 0 Å². The Bertz CT molecular complexity index is 176. The molecular weight excluding hydrogens is 192 g/mol. The number of anilines is 1. The van der Waals surface area contributed by atoms with Gasteiger partial charge in [0.25, 0.3) is 0 Å². The first-order valence-corrected chi connectivity index (χ1v) is 4.26. The van der Waals surface area contributed by atoms with E-state index in [2.05, 4.69) is 26.2 Å². The Hall–Kier alpha value is -0.570. The van der Waals surface area contributed by atoms with Crippen LogP contribution in [0.15, 0.2) is 24.4 Å². The number of aromatic nitrogens is 1.